The van der Waals surface area contributed by atoms with E-state index in [1.54, 1.807) is 0 Å². The molecule has 0 amide bonds. The highest BCUT2D eigenvalue weighted by molar-refractivity contribution is 7.89. The van der Waals surface area contributed by atoms with Crippen LogP contribution in [0, 0.1) is 10.1 Å². The maximum atomic E-state index is 12.1. The summed E-state index contributed by atoms with van der Waals surface area (Å²) in [4.78, 5) is 9.77. The summed E-state index contributed by atoms with van der Waals surface area (Å²) in [6, 6.07) is 4.20. The zero-order chi connectivity index (χ0) is 13.9. The Morgan fingerprint density at radius 2 is 2.11 bits per heavy atom. The van der Waals surface area contributed by atoms with Crippen molar-refractivity contribution in [2.24, 2.45) is 0 Å². The minimum Gasteiger partial charge on any atom is -0.395 e. The molecule has 1 rings (SSSR count). The van der Waals surface area contributed by atoms with Gasteiger partial charge in [-0.2, -0.15) is 4.31 Å². The maximum absolute atomic E-state index is 12.1. The molecule has 1 aromatic carbocycles. The maximum Gasteiger partial charge on any atom is 0.270 e. The van der Waals surface area contributed by atoms with Crippen molar-refractivity contribution in [3.05, 3.63) is 34.4 Å². The molecule has 100 valence electrons. The summed E-state index contributed by atoms with van der Waals surface area (Å²) in [7, 11) is -2.52. The van der Waals surface area contributed by atoms with Crippen LogP contribution in [0.1, 0.15) is 6.92 Å². The molecule has 7 nitrogen and oxygen atoms in total. The van der Waals surface area contributed by atoms with Crippen LogP contribution in [0.4, 0.5) is 5.69 Å². The Labute approximate surface area is 105 Å². The van der Waals surface area contributed by atoms with E-state index in [-0.39, 0.29) is 17.2 Å². The van der Waals surface area contributed by atoms with Crippen molar-refractivity contribution in [1.82, 2.24) is 4.31 Å². The Kier molecular flexibility index (Phi) is 4.38. The van der Waals surface area contributed by atoms with E-state index in [9.17, 15) is 18.5 Å². The number of benzene rings is 1. The highest BCUT2D eigenvalue weighted by atomic mass is 32.2. The van der Waals surface area contributed by atoms with Crippen molar-refractivity contribution in [3.8, 4) is 0 Å². The van der Waals surface area contributed by atoms with Crippen molar-refractivity contribution < 1.29 is 18.4 Å². The monoisotopic (exact) mass is 274 g/mol. The zero-order valence-electron chi connectivity index (χ0n) is 9.98. The van der Waals surface area contributed by atoms with Gasteiger partial charge in [0, 0.05) is 25.2 Å². The first-order valence-electron chi connectivity index (χ1n) is 5.14. The molecule has 18 heavy (non-hydrogen) atoms. The summed E-state index contributed by atoms with van der Waals surface area (Å²) in [5.74, 6) is 0. The van der Waals surface area contributed by atoms with Crippen LogP contribution in [-0.2, 0) is 10.0 Å². The molecule has 0 aliphatic rings. The van der Waals surface area contributed by atoms with Crippen LogP contribution < -0.4 is 0 Å². The number of nitrogens with zero attached hydrogens (tertiary/aromatic N) is 2. The Morgan fingerprint density at radius 3 is 2.61 bits per heavy atom. The number of nitro benzene ring substituents is 1. The molecule has 0 aliphatic carbocycles. The quantitative estimate of drug-likeness (QED) is 0.625. The topological polar surface area (TPSA) is 101 Å². The molecule has 0 heterocycles. The van der Waals surface area contributed by atoms with Gasteiger partial charge in [0.2, 0.25) is 10.0 Å². The molecule has 0 aromatic heterocycles. The van der Waals surface area contributed by atoms with Gasteiger partial charge in [-0.15, -0.1) is 0 Å². The standard InChI is InChI=1S/C10H14N2O5S/c1-8(7-13)11(2)18(16,17)10-5-3-4-9(6-10)12(14)15/h3-6,8,13H,7H2,1-2H3. The summed E-state index contributed by atoms with van der Waals surface area (Å²) >= 11 is 0. The molecule has 1 aromatic rings. The molecule has 0 spiro atoms. The van der Waals surface area contributed by atoms with Crippen molar-refractivity contribution in [2.75, 3.05) is 13.7 Å². The van der Waals surface area contributed by atoms with E-state index in [1.807, 2.05) is 0 Å². The van der Waals surface area contributed by atoms with Crippen molar-refractivity contribution in [3.63, 3.8) is 0 Å². The Balaban J connectivity index is 3.20. The van der Waals surface area contributed by atoms with Gasteiger partial charge in [0.25, 0.3) is 5.69 Å². The molecule has 1 unspecified atom stereocenters. The number of likely N-dealkylation sites (N-methyl/N-ethyl adjacent to an activating group) is 1. The molecule has 0 saturated carbocycles. The summed E-state index contributed by atoms with van der Waals surface area (Å²) in [6.45, 7) is 1.21. The average Bonchev–Trinajstić information content (AvgIpc) is 2.36. The third-order valence-corrected chi connectivity index (χ3v) is 4.56. The van der Waals surface area contributed by atoms with E-state index >= 15 is 0 Å². The average molecular weight is 274 g/mol. The van der Waals surface area contributed by atoms with Crippen LogP contribution in [0.25, 0.3) is 0 Å². The third kappa shape index (κ3) is 2.84. The molecular weight excluding hydrogens is 260 g/mol. The number of hydrogen-bond donors (Lipinski definition) is 1. The van der Waals surface area contributed by atoms with Crippen molar-refractivity contribution in [2.45, 2.75) is 17.9 Å². The molecular formula is C10H14N2O5S. The lowest BCUT2D eigenvalue weighted by Gasteiger charge is -2.22. The van der Waals surface area contributed by atoms with Crippen LogP contribution in [0.3, 0.4) is 0 Å². The van der Waals surface area contributed by atoms with Crippen molar-refractivity contribution >= 4 is 15.7 Å². The number of nitro groups is 1. The van der Waals surface area contributed by atoms with E-state index in [0.29, 0.717) is 0 Å². The predicted octanol–water partition coefficient (Wildman–Crippen LogP) is 0.596. The van der Waals surface area contributed by atoms with Gasteiger partial charge < -0.3 is 5.11 Å². The molecule has 0 bridgehead atoms. The van der Waals surface area contributed by atoms with Gasteiger partial charge in [0.15, 0.2) is 0 Å². The number of sulfonamides is 1. The fraction of sp³-hybridized carbons (Fsp3) is 0.400. The lowest BCUT2D eigenvalue weighted by atomic mass is 10.3. The lowest BCUT2D eigenvalue weighted by Crippen LogP contribution is -2.37. The van der Waals surface area contributed by atoms with E-state index in [2.05, 4.69) is 0 Å². The van der Waals surface area contributed by atoms with Gasteiger partial charge in [-0.3, -0.25) is 10.1 Å². The van der Waals surface area contributed by atoms with Gasteiger partial charge in [-0.1, -0.05) is 6.07 Å². The van der Waals surface area contributed by atoms with Crippen LogP contribution in [0.15, 0.2) is 29.2 Å². The molecule has 0 fully saturated rings. The molecule has 0 aliphatic heterocycles. The van der Waals surface area contributed by atoms with E-state index < -0.39 is 21.0 Å². The van der Waals surface area contributed by atoms with Crippen molar-refractivity contribution in [1.29, 1.82) is 0 Å². The van der Waals surface area contributed by atoms with E-state index in [0.717, 1.165) is 10.4 Å². The fourth-order valence-corrected chi connectivity index (χ4v) is 2.67. The van der Waals surface area contributed by atoms with Crippen LogP contribution in [0.5, 0.6) is 0 Å². The smallest absolute Gasteiger partial charge is 0.270 e. The zero-order valence-corrected chi connectivity index (χ0v) is 10.8. The fourth-order valence-electron chi connectivity index (χ4n) is 1.28. The first-order valence-corrected chi connectivity index (χ1v) is 6.58. The number of aliphatic hydroxyl groups is 1. The predicted molar refractivity (Wildman–Crippen MR) is 64.6 cm³/mol. The lowest BCUT2D eigenvalue weighted by molar-refractivity contribution is -0.385. The number of rotatable bonds is 5. The minimum atomic E-state index is -3.84. The Morgan fingerprint density at radius 1 is 1.50 bits per heavy atom. The second-order valence-corrected chi connectivity index (χ2v) is 5.80. The minimum absolute atomic E-state index is 0.167. The van der Waals surface area contributed by atoms with Gasteiger partial charge in [0.1, 0.15) is 0 Å². The number of hydrogen-bond acceptors (Lipinski definition) is 5. The summed E-state index contributed by atoms with van der Waals surface area (Å²) in [5, 5.41) is 19.5. The van der Waals surface area contributed by atoms with Gasteiger partial charge >= 0.3 is 0 Å². The first kappa shape index (κ1) is 14.6. The first-order chi connectivity index (χ1) is 8.30. The normalized spacial score (nSPS) is 13.6. The largest absolute Gasteiger partial charge is 0.395 e. The molecule has 8 heteroatoms. The van der Waals surface area contributed by atoms with Gasteiger partial charge in [-0.05, 0) is 13.0 Å². The van der Waals surface area contributed by atoms with Crippen LogP contribution >= 0.6 is 0 Å². The summed E-state index contributed by atoms with van der Waals surface area (Å²) < 4.78 is 25.2. The van der Waals surface area contributed by atoms with Gasteiger partial charge in [0.05, 0.1) is 16.4 Å². The van der Waals surface area contributed by atoms with E-state index in [4.69, 9.17) is 5.11 Å². The summed E-state index contributed by atoms with van der Waals surface area (Å²) in [6.07, 6.45) is 0. The third-order valence-electron chi connectivity index (χ3n) is 2.59. The molecule has 0 radical (unpaired) electrons. The summed E-state index contributed by atoms with van der Waals surface area (Å²) in [5.41, 5.74) is -0.291. The van der Waals surface area contributed by atoms with Crippen LogP contribution in [-0.4, -0.2) is 42.4 Å². The highest BCUT2D eigenvalue weighted by Crippen LogP contribution is 2.21. The molecule has 1 atom stereocenters. The number of aliphatic hydroxyl groups excluding tert-OH is 1. The number of non-ortho nitro benzene ring substituents is 1. The molecule has 0 saturated heterocycles. The highest BCUT2D eigenvalue weighted by Gasteiger charge is 2.26. The van der Waals surface area contributed by atoms with E-state index in [1.165, 1.54) is 32.2 Å². The Hall–Kier alpha value is -1.51. The molecule has 1 N–H and O–H groups in total. The SMILES string of the molecule is CC(CO)N(C)S(=O)(=O)c1cccc([N+](=O)[O-])c1. The second kappa shape index (κ2) is 5.42. The van der Waals surface area contributed by atoms with Gasteiger partial charge in [-0.25, -0.2) is 8.42 Å². The van der Waals surface area contributed by atoms with Crippen LogP contribution in [0.2, 0.25) is 0 Å². The second-order valence-electron chi connectivity index (χ2n) is 3.81. The Bertz CT molecular complexity index is 543.